The predicted molar refractivity (Wildman–Crippen MR) is 73.9 cm³/mol. The number of hydrogen-bond acceptors (Lipinski definition) is 4. The third-order valence-corrected chi connectivity index (χ3v) is 4.35. The van der Waals surface area contributed by atoms with Gasteiger partial charge in [-0.2, -0.15) is 13.2 Å². The molecular formula is C13H21F3N2OS. The fraction of sp³-hybridized carbons (Fsp3) is 0.769. The molecule has 0 fully saturated rings. The maximum absolute atomic E-state index is 12.7. The van der Waals surface area contributed by atoms with Crippen LogP contribution in [0.5, 0.6) is 0 Å². The van der Waals surface area contributed by atoms with E-state index in [1.807, 2.05) is 27.7 Å². The van der Waals surface area contributed by atoms with Crippen molar-refractivity contribution in [1.82, 2.24) is 10.3 Å². The van der Waals surface area contributed by atoms with Gasteiger partial charge in [-0.3, -0.25) is 0 Å². The number of halogens is 3. The normalized spacial score (nSPS) is 16.9. The van der Waals surface area contributed by atoms with Crippen molar-refractivity contribution < 1.29 is 17.9 Å². The fourth-order valence-electron chi connectivity index (χ4n) is 2.09. The minimum absolute atomic E-state index is 0.300. The summed E-state index contributed by atoms with van der Waals surface area (Å²) in [5.74, 6) is 0. The highest BCUT2D eigenvalue weighted by Gasteiger charge is 2.39. The molecule has 1 N–H and O–H groups in total. The highest BCUT2D eigenvalue weighted by molar-refractivity contribution is 7.11. The number of alkyl halides is 3. The van der Waals surface area contributed by atoms with Crippen molar-refractivity contribution in [2.45, 2.75) is 51.9 Å². The third kappa shape index (κ3) is 3.93. The van der Waals surface area contributed by atoms with Crippen LogP contribution in [-0.2, 0) is 10.9 Å². The van der Waals surface area contributed by atoms with E-state index < -0.39 is 16.8 Å². The molecule has 1 aromatic heterocycles. The monoisotopic (exact) mass is 310 g/mol. The van der Waals surface area contributed by atoms with E-state index in [-0.39, 0.29) is 6.04 Å². The molecule has 1 aromatic rings. The number of nitrogens with zero attached hydrogens (tertiary/aromatic N) is 1. The van der Waals surface area contributed by atoms with Crippen molar-refractivity contribution in [3.05, 3.63) is 16.1 Å². The second kappa shape index (κ2) is 6.87. The molecule has 1 heterocycles. The first-order chi connectivity index (χ1) is 9.28. The molecule has 0 amide bonds. The number of hydrogen-bond donors (Lipinski definition) is 1. The van der Waals surface area contributed by atoms with Crippen LogP contribution in [0.2, 0.25) is 0 Å². The van der Waals surface area contributed by atoms with Crippen LogP contribution in [0.4, 0.5) is 13.2 Å². The van der Waals surface area contributed by atoms with E-state index in [0.29, 0.717) is 35.8 Å². The van der Waals surface area contributed by atoms with E-state index >= 15 is 0 Å². The van der Waals surface area contributed by atoms with E-state index in [1.165, 1.54) is 6.20 Å². The summed E-state index contributed by atoms with van der Waals surface area (Å²) in [6.07, 6.45) is -2.40. The van der Waals surface area contributed by atoms with Crippen molar-refractivity contribution in [3.8, 4) is 0 Å². The topological polar surface area (TPSA) is 34.2 Å². The van der Waals surface area contributed by atoms with Gasteiger partial charge < -0.3 is 10.1 Å². The lowest BCUT2D eigenvalue weighted by molar-refractivity contribution is -0.137. The zero-order valence-electron chi connectivity index (χ0n) is 12.2. The van der Waals surface area contributed by atoms with Crippen molar-refractivity contribution in [1.29, 1.82) is 0 Å². The second-order valence-electron chi connectivity index (χ2n) is 4.66. The summed E-state index contributed by atoms with van der Waals surface area (Å²) in [4.78, 5) is 4.05. The van der Waals surface area contributed by atoms with Crippen molar-refractivity contribution in [2.75, 3.05) is 13.2 Å². The zero-order valence-corrected chi connectivity index (χ0v) is 13.0. The minimum Gasteiger partial charge on any atom is -0.374 e. The van der Waals surface area contributed by atoms with Gasteiger partial charge in [0.1, 0.15) is 0 Å². The SMILES string of the molecule is CCNC(c1cnc(C(F)(F)F)s1)C(C)(CC)OCC. The van der Waals surface area contributed by atoms with E-state index in [9.17, 15) is 13.2 Å². The van der Waals surface area contributed by atoms with Crippen LogP contribution in [0, 0.1) is 0 Å². The molecule has 2 unspecified atom stereocenters. The summed E-state index contributed by atoms with van der Waals surface area (Å²) < 4.78 is 43.8. The Kier molecular flexibility index (Phi) is 5.97. The van der Waals surface area contributed by atoms with Crippen LogP contribution in [0.25, 0.3) is 0 Å². The quantitative estimate of drug-likeness (QED) is 0.826. The summed E-state index contributed by atoms with van der Waals surface area (Å²) in [5, 5.41) is 2.40. The molecule has 0 aliphatic rings. The summed E-state index contributed by atoms with van der Waals surface area (Å²) in [7, 11) is 0. The maximum Gasteiger partial charge on any atom is 0.443 e. The molecule has 0 aromatic carbocycles. The Labute approximate surface area is 121 Å². The first kappa shape index (κ1) is 17.4. The molecule has 0 spiro atoms. The van der Waals surface area contributed by atoms with Crippen molar-refractivity contribution in [3.63, 3.8) is 0 Å². The van der Waals surface area contributed by atoms with Gasteiger partial charge in [0.2, 0.25) is 0 Å². The molecule has 0 saturated heterocycles. The number of rotatable bonds is 7. The Morgan fingerprint density at radius 1 is 1.35 bits per heavy atom. The standard InChI is InChI=1S/C13H21F3N2OS/c1-5-12(4,19-7-3)10(17-6-2)9-8-18-11(20-9)13(14,15)16/h8,10,17H,5-7H2,1-4H3. The lowest BCUT2D eigenvalue weighted by Crippen LogP contribution is -2.43. The molecule has 0 aliphatic carbocycles. The van der Waals surface area contributed by atoms with Gasteiger partial charge in [0.05, 0.1) is 11.6 Å². The smallest absolute Gasteiger partial charge is 0.374 e. The Morgan fingerprint density at radius 2 is 2.00 bits per heavy atom. The number of likely N-dealkylation sites (N-methyl/N-ethyl adjacent to an activating group) is 1. The molecule has 3 nitrogen and oxygen atoms in total. The summed E-state index contributed by atoms with van der Waals surface area (Å²) >= 11 is 0.677. The second-order valence-corrected chi connectivity index (χ2v) is 5.72. The van der Waals surface area contributed by atoms with Crippen molar-refractivity contribution in [2.24, 2.45) is 0 Å². The summed E-state index contributed by atoms with van der Waals surface area (Å²) in [6.45, 7) is 8.83. The zero-order chi connectivity index (χ0) is 15.4. The molecule has 1 rings (SSSR count). The average molecular weight is 310 g/mol. The van der Waals surface area contributed by atoms with Gasteiger partial charge in [0.25, 0.3) is 0 Å². The summed E-state index contributed by atoms with van der Waals surface area (Å²) in [6, 6.07) is -0.300. The molecule has 0 bridgehead atoms. The fourth-order valence-corrected chi connectivity index (χ4v) is 3.09. The first-order valence-electron chi connectivity index (χ1n) is 6.68. The van der Waals surface area contributed by atoms with Crippen LogP contribution >= 0.6 is 11.3 Å². The van der Waals surface area contributed by atoms with Crippen LogP contribution in [0.3, 0.4) is 0 Å². The molecular weight excluding hydrogens is 289 g/mol. The van der Waals surface area contributed by atoms with Crippen LogP contribution < -0.4 is 5.32 Å². The number of thiazole rings is 1. The van der Waals surface area contributed by atoms with Crippen LogP contribution in [-0.4, -0.2) is 23.7 Å². The van der Waals surface area contributed by atoms with Crippen molar-refractivity contribution >= 4 is 11.3 Å². The van der Waals surface area contributed by atoms with Gasteiger partial charge in [-0.15, -0.1) is 11.3 Å². The maximum atomic E-state index is 12.7. The molecule has 20 heavy (non-hydrogen) atoms. The Balaban J connectivity index is 3.10. The predicted octanol–water partition coefficient (Wildman–Crippen LogP) is 4.02. The lowest BCUT2D eigenvalue weighted by atomic mass is 9.92. The van der Waals surface area contributed by atoms with Crippen LogP contribution in [0.15, 0.2) is 6.20 Å². The van der Waals surface area contributed by atoms with E-state index in [4.69, 9.17) is 4.74 Å². The highest BCUT2D eigenvalue weighted by Crippen LogP contribution is 2.39. The largest absolute Gasteiger partial charge is 0.443 e. The Morgan fingerprint density at radius 3 is 2.40 bits per heavy atom. The molecule has 7 heteroatoms. The third-order valence-electron chi connectivity index (χ3n) is 3.25. The molecule has 0 aliphatic heterocycles. The Hall–Kier alpha value is -0.660. The average Bonchev–Trinajstić information content (AvgIpc) is 2.85. The lowest BCUT2D eigenvalue weighted by Gasteiger charge is -2.36. The van der Waals surface area contributed by atoms with Gasteiger partial charge in [0, 0.05) is 17.7 Å². The Bertz CT molecular complexity index is 422. The molecule has 116 valence electrons. The highest BCUT2D eigenvalue weighted by atomic mass is 32.1. The molecule has 2 atom stereocenters. The van der Waals surface area contributed by atoms with Gasteiger partial charge in [-0.05, 0) is 26.8 Å². The van der Waals surface area contributed by atoms with Crippen LogP contribution in [0.1, 0.15) is 50.0 Å². The van der Waals surface area contributed by atoms with Gasteiger partial charge in [-0.1, -0.05) is 13.8 Å². The minimum atomic E-state index is -4.39. The number of ether oxygens (including phenoxy) is 1. The molecule has 0 radical (unpaired) electrons. The number of aromatic nitrogens is 1. The summed E-state index contributed by atoms with van der Waals surface area (Å²) in [5.41, 5.74) is -0.555. The van der Waals surface area contributed by atoms with E-state index in [2.05, 4.69) is 10.3 Å². The van der Waals surface area contributed by atoms with E-state index in [0.717, 1.165) is 0 Å². The molecule has 0 saturated carbocycles. The number of nitrogens with one attached hydrogen (secondary N) is 1. The van der Waals surface area contributed by atoms with Gasteiger partial charge >= 0.3 is 6.18 Å². The van der Waals surface area contributed by atoms with Gasteiger partial charge in [0.15, 0.2) is 5.01 Å². The van der Waals surface area contributed by atoms with Gasteiger partial charge in [-0.25, -0.2) is 4.98 Å². The van der Waals surface area contributed by atoms with E-state index in [1.54, 1.807) is 0 Å². The first-order valence-corrected chi connectivity index (χ1v) is 7.50.